The molecule has 0 aromatic heterocycles. The molecule has 35 heavy (non-hydrogen) atoms. The van der Waals surface area contributed by atoms with E-state index in [1.54, 1.807) is 12.5 Å². The lowest BCUT2D eigenvalue weighted by Crippen LogP contribution is -2.18. The third kappa shape index (κ3) is 8.65. The fourth-order valence-corrected chi connectivity index (χ4v) is 3.45. The van der Waals surface area contributed by atoms with Gasteiger partial charge in [0.1, 0.15) is 18.1 Å². The molecule has 0 radical (unpaired) electrons. The van der Waals surface area contributed by atoms with Crippen molar-refractivity contribution in [2.45, 2.75) is 53.6 Å². The molecule has 0 saturated carbocycles. The lowest BCUT2D eigenvalue weighted by Gasteiger charge is -2.20. The molecule has 0 heterocycles. The van der Waals surface area contributed by atoms with E-state index in [1.807, 2.05) is 39.1 Å². The van der Waals surface area contributed by atoms with E-state index >= 15 is 0 Å². The van der Waals surface area contributed by atoms with Crippen molar-refractivity contribution in [1.29, 1.82) is 0 Å². The normalized spacial score (nSPS) is 10.1. The Morgan fingerprint density at radius 1 is 0.943 bits per heavy atom. The van der Waals surface area contributed by atoms with Crippen LogP contribution in [0, 0.1) is 6.92 Å². The van der Waals surface area contributed by atoms with Crippen LogP contribution in [0.1, 0.15) is 51.3 Å². The first-order chi connectivity index (χ1) is 16.7. The van der Waals surface area contributed by atoms with Crippen LogP contribution in [0.5, 0.6) is 11.5 Å². The molecule has 0 saturated heterocycles. The van der Waals surface area contributed by atoms with Gasteiger partial charge in [0.15, 0.2) is 0 Å². The second kappa shape index (κ2) is 14.7. The number of hydrogen-bond acceptors (Lipinski definition) is 5. The topological polar surface area (TPSA) is 85.6 Å². The van der Waals surface area contributed by atoms with Crippen molar-refractivity contribution >= 4 is 12.1 Å². The molecule has 0 bridgehead atoms. The molecule has 190 valence electrons. The van der Waals surface area contributed by atoms with Gasteiger partial charge in [-0.1, -0.05) is 71.0 Å². The number of carbonyl (C=O) groups is 1. The molecular formula is C29H41N3O3. The van der Waals surface area contributed by atoms with E-state index < -0.39 is 0 Å². The van der Waals surface area contributed by atoms with Crippen LogP contribution in [-0.4, -0.2) is 20.6 Å². The largest absolute Gasteiger partial charge is 0.496 e. The van der Waals surface area contributed by atoms with E-state index in [2.05, 4.69) is 81.3 Å². The standard InChI is InChI=1S/C26H31NO2.C2H6.CH4N2O/c1-18-15-20(19-9-7-10-21(16-19)26(2,3)4)13-14-24(18)29-17-22-23(27-5)11-8-12-25(22)28-6;1-2;2-3-1-4/h7-16,27H,17H2,1-6H3;1-2H3;1H,2H2,(H,3,4). The second-order valence-corrected chi connectivity index (χ2v) is 8.62. The van der Waals surface area contributed by atoms with Gasteiger partial charge < -0.3 is 14.8 Å². The van der Waals surface area contributed by atoms with Gasteiger partial charge in [-0.15, -0.1) is 0 Å². The molecule has 1 amide bonds. The molecule has 0 fully saturated rings. The maximum atomic E-state index is 8.94. The van der Waals surface area contributed by atoms with Crippen LogP contribution < -0.4 is 26.1 Å². The third-order valence-electron chi connectivity index (χ3n) is 5.30. The van der Waals surface area contributed by atoms with E-state index in [1.165, 1.54) is 16.7 Å². The highest BCUT2D eigenvalue weighted by atomic mass is 16.5. The van der Waals surface area contributed by atoms with E-state index in [0.717, 1.165) is 28.3 Å². The van der Waals surface area contributed by atoms with Crippen LogP contribution in [0.15, 0.2) is 60.7 Å². The predicted octanol–water partition coefficient (Wildman–Crippen LogP) is 6.22. The molecule has 3 rings (SSSR count). The van der Waals surface area contributed by atoms with Crippen LogP contribution >= 0.6 is 0 Å². The first kappa shape index (κ1) is 29.5. The summed E-state index contributed by atoms with van der Waals surface area (Å²) in [6.45, 7) is 13.3. The Labute approximate surface area is 210 Å². The van der Waals surface area contributed by atoms with Crippen molar-refractivity contribution in [1.82, 2.24) is 5.43 Å². The Morgan fingerprint density at radius 3 is 2.11 bits per heavy atom. The predicted molar refractivity (Wildman–Crippen MR) is 147 cm³/mol. The second-order valence-electron chi connectivity index (χ2n) is 8.62. The van der Waals surface area contributed by atoms with Gasteiger partial charge in [0, 0.05) is 12.7 Å². The molecule has 3 aromatic carbocycles. The lowest BCUT2D eigenvalue weighted by molar-refractivity contribution is -0.109. The molecule has 4 N–H and O–H groups in total. The third-order valence-corrected chi connectivity index (χ3v) is 5.30. The van der Waals surface area contributed by atoms with Crippen LogP contribution in [0.2, 0.25) is 0 Å². The highest BCUT2D eigenvalue weighted by Crippen LogP contribution is 2.32. The minimum absolute atomic E-state index is 0.133. The molecule has 6 heteroatoms. The first-order valence-corrected chi connectivity index (χ1v) is 11.8. The Balaban J connectivity index is 0.000000926. The van der Waals surface area contributed by atoms with Crippen molar-refractivity contribution in [3.8, 4) is 22.6 Å². The minimum atomic E-state index is 0.133. The number of nitrogens with one attached hydrogen (secondary N) is 2. The number of carbonyl (C=O) groups excluding carboxylic acids is 1. The van der Waals surface area contributed by atoms with Crippen molar-refractivity contribution in [3.05, 3.63) is 77.4 Å². The van der Waals surface area contributed by atoms with E-state index in [0.29, 0.717) is 13.0 Å². The maximum absolute atomic E-state index is 8.94. The summed E-state index contributed by atoms with van der Waals surface area (Å²) in [5.41, 5.74) is 8.79. The summed E-state index contributed by atoms with van der Waals surface area (Å²) in [4.78, 5) is 8.94. The smallest absolute Gasteiger partial charge is 0.221 e. The number of benzene rings is 3. The summed E-state index contributed by atoms with van der Waals surface area (Å²) >= 11 is 0. The number of hydrogen-bond donors (Lipinski definition) is 3. The molecule has 0 atom stereocenters. The first-order valence-electron chi connectivity index (χ1n) is 11.8. The fraction of sp³-hybridized carbons (Fsp3) is 0.345. The van der Waals surface area contributed by atoms with Crippen molar-refractivity contribution in [2.75, 3.05) is 19.5 Å². The number of anilines is 1. The van der Waals surface area contributed by atoms with Crippen LogP contribution in [-0.2, 0) is 16.8 Å². The highest BCUT2D eigenvalue weighted by molar-refractivity contribution is 5.67. The lowest BCUT2D eigenvalue weighted by atomic mass is 9.85. The number of methoxy groups -OCH3 is 1. The van der Waals surface area contributed by atoms with Gasteiger partial charge in [-0.2, -0.15) is 0 Å². The molecular weight excluding hydrogens is 438 g/mol. The maximum Gasteiger partial charge on any atom is 0.221 e. The zero-order valence-corrected chi connectivity index (χ0v) is 22.4. The molecule has 3 aromatic rings. The summed E-state index contributed by atoms with van der Waals surface area (Å²) < 4.78 is 11.7. The Morgan fingerprint density at radius 2 is 1.57 bits per heavy atom. The van der Waals surface area contributed by atoms with E-state index in [-0.39, 0.29) is 5.41 Å². The van der Waals surface area contributed by atoms with Crippen molar-refractivity contribution in [2.24, 2.45) is 5.84 Å². The van der Waals surface area contributed by atoms with Crippen molar-refractivity contribution < 1.29 is 14.3 Å². The van der Waals surface area contributed by atoms with Crippen molar-refractivity contribution in [3.63, 3.8) is 0 Å². The number of nitrogens with two attached hydrogens (primary N) is 1. The molecule has 6 nitrogen and oxygen atoms in total. The summed E-state index contributed by atoms with van der Waals surface area (Å²) in [5.74, 6) is 6.12. The van der Waals surface area contributed by atoms with E-state index in [4.69, 9.17) is 14.3 Å². The summed E-state index contributed by atoms with van der Waals surface area (Å²) in [5, 5.41) is 3.21. The van der Waals surface area contributed by atoms with Gasteiger partial charge >= 0.3 is 0 Å². The van der Waals surface area contributed by atoms with Crippen LogP contribution in [0.4, 0.5) is 5.69 Å². The Hall–Kier alpha value is -3.51. The molecule has 0 aliphatic rings. The Kier molecular flexibility index (Phi) is 12.4. The Bertz CT molecular complexity index is 1040. The van der Waals surface area contributed by atoms with Gasteiger partial charge in [0.2, 0.25) is 6.41 Å². The number of hydrazine groups is 1. The monoisotopic (exact) mass is 479 g/mol. The minimum Gasteiger partial charge on any atom is -0.496 e. The van der Waals surface area contributed by atoms with Crippen LogP contribution in [0.3, 0.4) is 0 Å². The van der Waals surface area contributed by atoms with Gasteiger partial charge in [0.25, 0.3) is 0 Å². The van der Waals surface area contributed by atoms with Gasteiger partial charge in [-0.3, -0.25) is 10.2 Å². The summed E-state index contributed by atoms with van der Waals surface area (Å²) in [6.07, 6.45) is 0.403. The quantitative estimate of drug-likeness (QED) is 0.162. The number of amides is 1. The molecule has 0 unspecified atom stereocenters. The fourth-order valence-electron chi connectivity index (χ4n) is 3.45. The number of aryl methyl sites for hydroxylation is 1. The summed E-state index contributed by atoms with van der Waals surface area (Å²) in [6, 6.07) is 21.1. The summed E-state index contributed by atoms with van der Waals surface area (Å²) in [7, 11) is 3.59. The number of ether oxygens (including phenoxy) is 2. The highest BCUT2D eigenvalue weighted by Gasteiger charge is 2.15. The average molecular weight is 480 g/mol. The zero-order valence-electron chi connectivity index (χ0n) is 22.4. The van der Waals surface area contributed by atoms with E-state index in [9.17, 15) is 0 Å². The average Bonchev–Trinajstić information content (AvgIpc) is 2.88. The molecule has 0 aliphatic heterocycles. The van der Waals surface area contributed by atoms with Crippen LogP contribution in [0.25, 0.3) is 11.1 Å². The molecule has 0 spiro atoms. The van der Waals surface area contributed by atoms with Gasteiger partial charge in [-0.25, -0.2) is 5.84 Å². The van der Waals surface area contributed by atoms with Gasteiger partial charge in [0.05, 0.1) is 12.7 Å². The zero-order chi connectivity index (χ0) is 26.4. The SMILES string of the molecule is CC.CNc1cccc(OC)c1COc1ccc(-c2cccc(C(C)(C)C)c2)cc1C.NNC=O. The molecule has 0 aliphatic carbocycles. The van der Waals surface area contributed by atoms with Gasteiger partial charge in [-0.05, 0) is 58.9 Å². The number of rotatable bonds is 7.